The lowest BCUT2D eigenvalue weighted by atomic mass is 10.2. The number of methoxy groups -OCH3 is 1. The van der Waals surface area contributed by atoms with Crippen LogP contribution in [0.3, 0.4) is 0 Å². The third-order valence-electron chi connectivity index (χ3n) is 4.97. The number of benzene rings is 2. The molecule has 1 aromatic heterocycles. The van der Waals surface area contributed by atoms with Crippen LogP contribution < -0.4 is 14.8 Å². The number of nitrogens with two attached hydrogens (primary N) is 1. The Bertz CT molecular complexity index is 1200. The van der Waals surface area contributed by atoms with Crippen molar-refractivity contribution < 1.29 is 13.2 Å². The second-order valence-corrected chi connectivity index (χ2v) is 8.84. The number of anilines is 2. The molecule has 0 bridgehead atoms. The molecule has 152 valence electrons. The zero-order valence-electron chi connectivity index (χ0n) is 17.1. The minimum Gasteiger partial charge on any atom is -0.497 e. The van der Waals surface area contributed by atoms with Crippen LogP contribution in [0.25, 0.3) is 10.9 Å². The largest absolute Gasteiger partial charge is 0.497 e. The number of nitrogen functional groups attached to an aromatic ring is 1. The van der Waals surface area contributed by atoms with Gasteiger partial charge in [-0.3, -0.25) is 4.31 Å². The smallest absolute Gasteiger partial charge is 0.234 e. The standard InChI is InChI=1S/C22H25N3O3S/c1-5-25-20(22(23)19-13-12-18(28-4)15-21(19)25)14-9-16-7-10-17(11-8-16)24(3)29(26,27)6-2/h7-8,10-13,15H,5-6,23H2,1-4H3. The Kier molecular flexibility index (Phi) is 5.76. The highest BCUT2D eigenvalue weighted by Crippen LogP contribution is 2.31. The summed E-state index contributed by atoms with van der Waals surface area (Å²) in [6, 6.07) is 12.9. The fourth-order valence-electron chi connectivity index (χ4n) is 3.19. The number of hydrogen-bond acceptors (Lipinski definition) is 4. The lowest BCUT2D eigenvalue weighted by Crippen LogP contribution is -2.27. The molecule has 2 N–H and O–H groups in total. The summed E-state index contributed by atoms with van der Waals surface area (Å²) in [7, 11) is -0.101. The molecule has 0 atom stereocenters. The molecule has 0 unspecified atom stereocenters. The first-order chi connectivity index (χ1) is 13.8. The maximum Gasteiger partial charge on any atom is 0.234 e. The van der Waals surface area contributed by atoms with E-state index in [1.165, 1.54) is 4.31 Å². The Hall–Kier alpha value is -3.11. The molecule has 6 nitrogen and oxygen atoms in total. The number of aryl methyl sites for hydroxylation is 1. The predicted octanol–water partition coefficient (Wildman–Crippen LogP) is 3.44. The van der Waals surface area contributed by atoms with Gasteiger partial charge in [-0.15, -0.1) is 0 Å². The number of ether oxygens (including phenoxy) is 1. The van der Waals surface area contributed by atoms with Gasteiger partial charge >= 0.3 is 0 Å². The van der Waals surface area contributed by atoms with E-state index in [1.54, 1.807) is 33.2 Å². The van der Waals surface area contributed by atoms with Gasteiger partial charge < -0.3 is 15.0 Å². The van der Waals surface area contributed by atoms with Crippen LogP contribution in [0.15, 0.2) is 42.5 Å². The summed E-state index contributed by atoms with van der Waals surface area (Å²) in [5.41, 5.74) is 10.1. The molecule has 0 radical (unpaired) electrons. The second kappa shape index (κ2) is 8.10. The third kappa shape index (κ3) is 3.89. The Labute approximate surface area is 171 Å². The molecule has 3 rings (SSSR count). The van der Waals surface area contributed by atoms with Crippen molar-refractivity contribution in [2.75, 3.05) is 29.9 Å². The average Bonchev–Trinajstić information content (AvgIpc) is 3.02. The van der Waals surface area contributed by atoms with Gasteiger partial charge in [-0.25, -0.2) is 8.42 Å². The summed E-state index contributed by atoms with van der Waals surface area (Å²) < 4.78 is 32.7. The van der Waals surface area contributed by atoms with Crippen LogP contribution in [0.1, 0.15) is 25.1 Å². The number of rotatable bonds is 5. The van der Waals surface area contributed by atoms with Crippen LogP contribution in [0.5, 0.6) is 5.75 Å². The van der Waals surface area contributed by atoms with Gasteiger partial charge in [0.25, 0.3) is 0 Å². The second-order valence-electron chi connectivity index (χ2n) is 6.55. The van der Waals surface area contributed by atoms with E-state index >= 15 is 0 Å². The molecule has 0 saturated heterocycles. The van der Waals surface area contributed by atoms with Crippen molar-refractivity contribution in [3.63, 3.8) is 0 Å². The fourth-order valence-corrected chi connectivity index (χ4v) is 4.02. The van der Waals surface area contributed by atoms with E-state index in [9.17, 15) is 8.42 Å². The van der Waals surface area contributed by atoms with Crippen LogP contribution in [0.4, 0.5) is 11.4 Å². The fraction of sp³-hybridized carbons (Fsp3) is 0.273. The molecule has 0 spiro atoms. The first kappa shape index (κ1) is 20.6. The van der Waals surface area contributed by atoms with Gasteiger partial charge in [0, 0.05) is 30.6 Å². The Morgan fingerprint density at radius 3 is 2.38 bits per heavy atom. The van der Waals surface area contributed by atoms with Crippen LogP contribution in [-0.4, -0.2) is 32.9 Å². The maximum absolute atomic E-state index is 12.0. The normalized spacial score (nSPS) is 11.2. The van der Waals surface area contributed by atoms with Gasteiger partial charge in [-0.05, 0) is 56.2 Å². The number of sulfonamides is 1. The zero-order chi connectivity index (χ0) is 21.2. The summed E-state index contributed by atoms with van der Waals surface area (Å²) in [6.45, 7) is 4.39. The molecule has 0 aliphatic rings. The van der Waals surface area contributed by atoms with Gasteiger partial charge in [0.05, 0.1) is 29.8 Å². The minimum absolute atomic E-state index is 0.0523. The molecule has 7 heteroatoms. The molecular weight excluding hydrogens is 386 g/mol. The SMILES string of the molecule is CCn1c(C#Cc2ccc(N(C)S(=O)(=O)CC)cc2)c(N)c2ccc(OC)cc21. The highest BCUT2D eigenvalue weighted by atomic mass is 32.2. The summed E-state index contributed by atoms with van der Waals surface area (Å²) in [5, 5.41) is 0.943. The van der Waals surface area contributed by atoms with Crippen molar-refractivity contribution >= 4 is 32.3 Å². The molecule has 2 aromatic carbocycles. The number of fused-ring (bicyclic) bond motifs is 1. The van der Waals surface area contributed by atoms with Crippen molar-refractivity contribution in [2.24, 2.45) is 0 Å². The summed E-state index contributed by atoms with van der Waals surface area (Å²) in [4.78, 5) is 0. The molecule has 0 fully saturated rings. The topological polar surface area (TPSA) is 77.6 Å². The first-order valence-electron chi connectivity index (χ1n) is 9.36. The van der Waals surface area contributed by atoms with Crippen molar-refractivity contribution in [3.8, 4) is 17.6 Å². The minimum atomic E-state index is -3.29. The average molecular weight is 412 g/mol. The van der Waals surface area contributed by atoms with E-state index in [4.69, 9.17) is 10.5 Å². The first-order valence-corrected chi connectivity index (χ1v) is 11.0. The highest BCUT2D eigenvalue weighted by molar-refractivity contribution is 7.92. The van der Waals surface area contributed by atoms with E-state index in [2.05, 4.69) is 16.4 Å². The Balaban J connectivity index is 1.98. The van der Waals surface area contributed by atoms with E-state index in [0.29, 0.717) is 11.4 Å². The molecule has 1 heterocycles. The molecule has 0 aliphatic carbocycles. The predicted molar refractivity (Wildman–Crippen MR) is 119 cm³/mol. The maximum atomic E-state index is 12.0. The molecule has 0 saturated carbocycles. The van der Waals surface area contributed by atoms with E-state index in [1.807, 2.05) is 37.3 Å². The van der Waals surface area contributed by atoms with Crippen LogP contribution in [0.2, 0.25) is 0 Å². The van der Waals surface area contributed by atoms with Crippen LogP contribution in [0, 0.1) is 11.8 Å². The van der Waals surface area contributed by atoms with Crippen molar-refractivity contribution in [2.45, 2.75) is 20.4 Å². The van der Waals surface area contributed by atoms with E-state index < -0.39 is 10.0 Å². The zero-order valence-corrected chi connectivity index (χ0v) is 17.9. The molecule has 0 aliphatic heterocycles. The highest BCUT2D eigenvalue weighted by Gasteiger charge is 2.15. The van der Waals surface area contributed by atoms with Crippen molar-refractivity contribution in [1.29, 1.82) is 0 Å². The van der Waals surface area contributed by atoms with Gasteiger partial charge in [0.15, 0.2) is 0 Å². The quantitative estimate of drug-likeness (QED) is 0.653. The lowest BCUT2D eigenvalue weighted by molar-refractivity contribution is 0.415. The Morgan fingerprint density at radius 1 is 1.10 bits per heavy atom. The van der Waals surface area contributed by atoms with Crippen LogP contribution in [-0.2, 0) is 16.6 Å². The van der Waals surface area contributed by atoms with Crippen molar-refractivity contribution in [3.05, 3.63) is 53.7 Å². The van der Waals surface area contributed by atoms with Crippen molar-refractivity contribution in [1.82, 2.24) is 4.57 Å². The molecule has 0 amide bonds. The van der Waals surface area contributed by atoms with E-state index in [-0.39, 0.29) is 5.75 Å². The van der Waals surface area contributed by atoms with Gasteiger partial charge in [0.1, 0.15) is 11.4 Å². The van der Waals surface area contributed by atoms with Gasteiger partial charge in [0.2, 0.25) is 10.0 Å². The summed E-state index contributed by atoms with van der Waals surface area (Å²) >= 11 is 0. The lowest BCUT2D eigenvalue weighted by Gasteiger charge is -2.18. The Morgan fingerprint density at radius 2 is 1.79 bits per heavy atom. The van der Waals surface area contributed by atoms with Gasteiger partial charge in [-0.2, -0.15) is 0 Å². The molecular formula is C22H25N3O3S. The molecule has 3 aromatic rings. The van der Waals surface area contributed by atoms with E-state index in [0.717, 1.165) is 34.5 Å². The molecule has 29 heavy (non-hydrogen) atoms. The summed E-state index contributed by atoms with van der Waals surface area (Å²) in [6.07, 6.45) is 0. The third-order valence-corrected chi connectivity index (χ3v) is 6.74. The number of hydrogen-bond donors (Lipinski definition) is 1. The number of nitrogens with zero attached hydrogens (tertiary/aromatic N) is 2. The monoisotopic (exact) mass is 411 g/mol. The van der Waals surface area contributed by atoms with Crippen LogP contribution >= 0.6 is 0 Å². The van der Waals surface area contributed by atoms with Gasteiger partial charge in [-0.1, -0.05) is 5.92 Å². The number of aromatic nitrogens is 1. The summed E-state index contributed by atoms with van der Waals surface area (Å²) in [5.74, 6) is 7.14.